The molecule has 0 N–H and O–H groups in total. The molecule has 0 fully saturated rings. The second kappa shape index (κ2) is 7.51. The van der Waals surface area contributed by atoms with Gasteiger partial charge in [-0.25, -0.2) is 4.39 Å². The SMILES string of the molecule is CCCCc1cccc(C(C)(CC(F)(C(F)(F)F)C(F)(F)F)OC)c1. The van der Waals surface area contributed by atoms with Gasteiger partial charge in [0.2, 0.25) is 0 Å². The fraction of sp³-hybridized carbons (Fsp3) is 0.647. The normalized spacial score (nSPS) is 15.9. The first kappa shape index (κ1) is 21.7. The molecule has 1 atom stereocenters. The smallest absolute Gasteiger partial charge is 0.374 e. The highest BCUT2D eigenvalue weighted by atomic mass is 19.4. The Bertz CT molecular complexity index is 551. The summed E-state index contributed by atoms with van der Waals surface area (Å²) in [6.07, 6.45) is -11.8. The first-order valence-electron chi connectivity index (χ1n) is 7.77. The first-order chi connectivity index (χ1) is 11.3. The van der Waals surface area contributed by atoms with Crippen molar-refractivity contribution in [2.24, 2.45) is 0 Å². The summed E-state index contributed by atoms with van der Waals surface area (Å²) in [4.78, 5) is 0. The molecule has 0 aliphatic carbocycles. The van der Waals surface area contributed by atoms with Gasteiger partial charge >= 0.3 is 18.0 Å². The van der Waals surface area contributed by atoms with Gasteiger partial charge in [-0.2, -0.15) is 26.3 Å². The molecule has 1 rings (SSSR count). The van der Waals surface area contributed by atoms with Crippen LogP contribution in [0.5, 0.6) is 0 Å². The van der Waals surface area contributed by atoms with Crippen LogP contribution in [0.2, 0.25) is 0 Å². The van der Waals surface area contributed by atoms with Gasteiger partial charge in [-0.1, -0.05) is 37.6 Å². The van der Waals surface area contributed by atoms with E-state index >= 15 is 0 Å². The number of unbranched alkanes of at least 4 members (excludes halogenated alkanes) is 1. The van der Waals surface area contributed by atoms with Crippen molar-refractivity contribution < 1.29 is 35.5 Å². The van der Waals surface area contributed by atoms with E-state index in [-0.39, 0.29) is 5.56 Å². The number of alkyl halides is 7. The van der Waals surface area contributed by atoms with Crippen molar-refractivity contribution >= 4 is 0 Å². The van der Waals surface area contributed by atoms with Crippen molar-refractivity contribution in [2.75, 3.05) is 7.11 Å². The van der Waals surface area contributed by atoms with Crippen LogP contribution in [-0.2, 0) is 16.8 Å². The molecule has 0 amide bonds. The average Bonchev–Trinajstić information content (AvgIpc) is 2.50. The number of benzene rings is 1. The Hall–Kier alpha value is -1.31. The zero-order valence-corrected chi connectivity index (χ0v) is 14.2. The predicted octanol–water partition coefficient (Wildman–Crippen LogP) is 6.11. The lowest BCUT2D eigenvalue weighted by atomic mass is 9.82. The lowest BCUT2D eigenvalue weighted by Crippen LogP contribution is -2.56. The highest BCUT2D eigenvalue weighted by Crippen LogP contribution is 2.52. The maximum atomic E-state index is 14.1. The summed E-state index contributed by atoms with van der Waals surface area (Å²) in [5.74, 6) is 0. The Labute approximate surface area is 142 Å². The van der Waals surface area contributed by atoms with Crippen LogP contribution < -0.4 is 0 Å². The van der Waals surface area contributed by atoms with Crippen molar-refractivity contribution in [3.05, 3.63) is 35.4 Å². The number of hydrogen-bond donors (Lipinski definition) is 0. The summed E-state index contributed by atoms with van der Waals surface area (Å²) < 4.78 is 96.3. The fourth-order valence-electron chi connectivity index (χ4n) is 2.55. The molecule has 144 valence electrons. The summed E-state index contributed by atoms with van der Waals surface area (Å²) in [5.41, 5.74) is -6.66. The standard InChI is InChI=1S/C17H21F7O/c1-4-5-7-12-8-6-9-13(10-12)14(2,25-3)11-15(18,16(19,20)21)17(22,23)24/h6,8-10H,4-5,7,11H2,1-3H3. The molecule has 0 aliphatic rings. The molecule has 0 bridgehead atoms. The minimum Gasteiger partial charge on any atom is -0.374 e. The zero-order valence-electron chi connectivity index (χ0n) is 14.2. The summed E-state index contributed by atoms with van der Waals surface area (Å²) in [7, 11) is 0.964. The minimum absolute atomic E-state index is 0.0686. The number of hydrogen-bond acceptors (Lipinski definition) is 1. The van der Waals surface area contributed by atoms with E-state index in [2.05, 4.69) is 0 Å². The van der Waals surface area contributed by atoms with Gasteiger partial charge in [0.05, 0.1) is 5.60 Å². The molecule has 0 aliphatic heterocycles. The monoisotopic (exact) mass is 374 g/mol. The molecule has 0 spiro atoms. The van der Waals surface area contributed by atoms with E-state index in [1.54, 1.807) is 6.07 Å². The third-order valence-corrected chi connectivity index (χ3v) is 4.29. The molecule has 8 heteroatoms. The number of ether oxygens (including phenoxy) is 1. The van der Waals surface area contributed by atoms with Crippen LogP contribution in [0.3, 0.4) is 0 Å². The van der Waals surface area contributed by atoms with Crippen LogP contribution in [-0.4, -0.2) is 25.1 Å². The Balaban J connectivity index is 3.30. The fourth-order valence-corrected chi connectivity index (χ4v) is 2.55. The molecular formula is C17H21F7O. The van der Waals surface area contributed by atoms with Crippen LogP contribution in [0, 0.1) is 0 Å². The van der Waals surface area contributed by atoms with Gasteiger partial charge in [0.15, 0.2) is 0 Å². The summed E-state index contributed by atoms with van der Waals surface area (Å²) >= 11 is 0. The molecule has 1 unspecified atom stereocenters. The molecule has 0 heterocycles. The van der Waals surface area contributed by atoms with Gasteiger partial charge in [-0.05, 0) is 30.9 Å². The zero-order chi connectivity index (χ0) is 19.5. The molecule has 0 saturated heterocycles. The van der Waals surface area contributed by atoms with E-state index in [0.717, 1.165) is 32.4 Å². The van der Waals surface area contributed by atoms with Crippen molar-refractivity contribution in [1.29, 1.82) is 0 Å². The van der Waals surface area contributed by atoms with Crippen molar-refractivity contribution in [2.45, 2.75) is 63.2 Å². The molecule has 0 aromatic heterocycles. The largest absolute Gasteiger partial charge is 0.431 e. The number of aryl methyl sites for hydroxylation is 1. The predicted molar refractivity (Wildman–Crippen MR) is 80.0 cm³/mol. The van der Waals surface area contributed by atoms with Crippen molar-refractivity contribution in [3.63, 3.8) is 0 Å². The van der Waals surface area contributed by atoms with Crippen LogP contribution in [0.4, 0.5) is 30.7 Å². The first-order valence-corrected chi connectivity index (χ1v) is 7.77. The highest BCUT2D eigenvalue weighted by Gasteiger charge is 2.74. The van der Waals surface area contributed by atoms with Gasteiger partial charge in [0.1, 0.15) is 0 Å². The third kappa shape index (κ3) is 4.65. The maximum Gasteiger partial charge on any atom is 0.431 e. The third-order valence-electron chi connectivity index (χ3n) is 4.29. The van der Waals surface area contributed by atoms with Gasteiger partial charge in [-0.15, -0.1) is 0 Å². The van der Waals surface area contributed by atoms with E-state index in [1.807, 2.05) is 6.92 Å². The van der Waals surface area contributed by atoms with Gasteiger partial charge in [0, 0.05) is 13.5 Å². The quantitative estimate of drug-likeness (QED) is 0.523. The average molecular weight is 374 g/mol. The second-order valence-corrected chi connectivity index (χ2v) is 6.21. The van der Waals surface area contributed by atoms with E-state index in [1.165, 1.54) is 18.2 Å². The maximum absolute atomic E-state index is 14.1. The topological polar surface area (TPSA) is 9.23 Å². The number of rotatable bonds is 7. The summed E-state index contributed by atoms with van der Waals surface area (Å²) in [6, 6.07) is 6.03. The molecular weight excluding hydrogens is 353 g/mol. The lowest BCUT2D eigenvalue weighted by Gasteiger charge is -2.38. The van der Waals surface area contributed by atoms with Crippen LogP contribution >= 0.6 is 0 Å². The Morgan fingerprint density at radius 1 is 0.960 bits per heavy atom. The second-order valence-electron chi connectivity index (χ2n) is 6.21. The van der Waals surface area contributed by atoms with Crippen LogP contribution in [0.15, 0.2) is 24.3 Å². The molecule has 25 heavy (non-hydrogen) atoms. The van der Waals surface area contributed by atoms with Crippen molar-refractivity contribution in [1.82, 2.24) is 0 Å². The highest BCUT2D eigenvalue weighted by molar-refractivity contribution is 5.29. The molecule has 0 saturated carbocycles. The van der Waals surface area contributed by atoms with Crippen molar-refractivity contribution in [3.8, 4) is 0 Å². The lowest BCUT2D eigenvalue weighted by molar-refractivity contribution is -0.353. The molecule has 1 nitrogen and oxygen atoms in total. The summed E-state index contributed by atoms with van der Waals surface area (Å²) in [6.45, 7) is 2.98. The van der Waals surface area contributed by atoms with Crippen LogP contribution in [0.1, 0.15) is 44.2 Å². The number of halogens is 7. The molecule has 0 radical (unpaired) electrons. The number of methoxy groups -OCH3 is 1. The van der Waals surface area contributed by atoms with E-state index < -0.39 is 30.0 Å². The Kier molecular flexibility index (Phi) is 6.53. The minimum atomic E-state index is -6.11. The van der Waals surface area contributed by atoms with E-state index in [9.17, 15) is 30.7 Å². The Morgan fingerprint density at radius 2 is 1.52 bits per heavy atom. The van der Waals surface area contributed by atoms with Gasteiger partial charge in [0.25, 0.3) is 0 Å². The molecule has 1 aromatic rings. The van der Waals surface area contributed by atoms with E-state index in [4.69, 9.17) is 4.74 Å². The summed E-state index contributed by atoms with van der Waals surface area (Å²) in [5, 5.41) is 0. The van der Waals surface area contributed by atoms with Crippen LogP contribution in [0.25, 0.3) is 0 Å². The Morgan fingerprint density at radius 3 is 1.96 bits per heavy atom. The van der Waals surface area contributed by atoms with Gasteiger partial charge in [-0.3, -0.25) is 0 Å². The van der Waals surface area contributed by atoms with Gasteiger partial charge < -0.3 is 4.74 Å². The van der Waals surface area contributed by atoms with E-state index in [0.29, 0.717) is 6.42 Å². The molecule has 1 aromatic carbocycles.